The van der Waals surface area contributed by atoms with Crippen molar-refractivity contribution in [3.05, 3.63) is 53.6 Å². The van der Waals surface area contributed by atoms with Crippen molar-refractivity contribution in [3.63, 3.8) is 0 Å². The molecular formula is C25H29N3O4. The molecule has 3 aliphatic rings. The van der Waals surface area contributed by atoms with Gasteiger partial charge in [-0.2, -0.15) is 0 Å². The third-order valence-electron chi connectivity index (χ3n) is 6.79. The highest BCUT2D eigenvalue weighted by Crippen LogP contribution is 2.33. The molecule has 0 aromatic heterocycles. The first kappa shape index (κ1) is 20.8. The van der Waals surface area contributed by atoms with Gasteiger partial charge in [-0.15, -0.1) is 0 Å². The molecule has 2 aromatic rings. The molecule has 2 N–H and O–H groups in total. The number of fused-ring (bicyclic) bond motifs is 2. The van der Waals surface area contributed by atoms with Crippen LogP contribution in [0.1, 0.15) is 52.8 Å². The summed E-state index contributed by atoms with van der Waals surface area (Å²) in [5, 5.41) is 5.99. The monoisotopic (exact) mass is 435 g/mol. The van der Waals surface area contributed by atoms with Gasteiger partial charge in [-0.25, -0.2) is 0 Å². The van der Waals surface area contributed by atoms with E-state index in [9.17, 15) is 9.59 Å². The van der Waals surface area contributed by atoms with E-state index in [1.54, 1.807) is 42.5 Å². The molecule has 2 aromatic carbocycles. The topological polar surface area (TPSA) is 79.9 Å². The molecule has 2 fully saturated rings. The average molecular weight is 436 g/mol. The van der Waals surface area contributed by atoms with Crippen LogP contribution in [0.15, 0.2) is 42.5 Å². The molecular weight excluding hydrogens is 406 g/mol. The van der Waals surface area contributed by atoms with Gasteiger partial charge in [0.05, 0.1) is 0 Å². The molecule has 2 atom stereocenters. The number of nitrogens with zero attached hydrogens (tertiary/aromatic N) is 1. The number of carbonyl (C=O) groups is 2. The zero-order valence-electron chi connectivity index (χ0n) is 18.1. The fourth-order valence-electron chi connectivity index (χ4n) is 5.09. The minimum absolute atomic E-state index is 0.0634. The third-order valence-corrected chi connectivity index (χ3v) is 6.79. The van der Waals surface area contributed by atoms with E-state index in [1.165, 1.54) is 45.2 Å². The van der Waals surface area contributed by atoms with Gasteiger partial charge in [0.15, 0.2) is 11.5 Å². The summed E-state index contributed by atoms with van der Waals surface area (Å²) in [7, 11) is 0. The Kier molecular flexibility index (Phi) is 5.99. The van der Waals surface area contributed by atoms with Gasteiger partial charge in [0, 0.05) is 29.4 Å². The molecule has 0 spiro atoms. The fourth-order valence-corrected chi connectivity index (χ4v) is 5.09. The van der Waals surface area contributed by atoms with E-state index < -0.39 is 0 Å². The zero-order chi connectivity index (χ0) is 21.9. The number of nitrogens with one attached hydrogen (secondary N) is 2. The zero-order valence-corrected chi connectivity index (χ0v) is 18.1. The first-order valence-electron chi connectivity index (χ1n) is 11.5. The Balaban J connectivity index is 1.15. The lowest BCUT2D eigenvalue weighted by atomic mass is 9.83. The molecule has 3 heterocycles. The Labute approximate surface area is 188 Å². The van der Waals surface area contributed by atoms with E-state index in [1.807, 2.05) is 0 Å². The maximum absolute atomic E-state index is 12.7. The van der Waals surface area contributed by atoms with Crippen LogP contribution in [0.4, 0.5) is 5.69 Å². The van der Waals surface area contributed by atoms with Crippen LogP contribution in [0.2, 0.25) is 0 Å². The molecule has 7 heteroatoms. The second-order valence-electron chi connectivity index (χ2n) is 8.81. The first-order chi connectivity index (χ1) is 15.7. The standard InChI is InChI=1S/C25H29N3O4/c29-24(26-15-19-4-3-13-28-12-2-1-5-21(19)28)17-6-9-20(10-7-17)27-25(30)18-8-11-22-23(14-18)32-16-31-22/h6-11,14,19,21H,1-5,12-13,15-16H2,(H,26,29)(H,27,30). The van der Waals surface area contributed by atoms with Crippen LogP contribution in [0.5, 0.6) is 11.5 Å². The summed E-state index contributed by atoms with van der Waals surface area (Å²) in [5.74, 6) is 1.44. The summed E-state index contributed by atoms with van der Waals surface area (Å²) < 4.78 is 10.6. The van der Waals surface area contributed by atoms with Gasteiger partial charge in [-0.1, -0.05) is 6.42 Å². The van der Waals surface area contributed by atoms with Crippen LogP contribution < -0.4 is 20.1 Å². The Morgan fingerprint density at radius 3 is 2.53 bits per heavy atom. The van der Waals surface area contributed by atoms with Crippen molar-refractivity contribution in [1.29, 1.82) is 0 Å². The predicted molar refractivity (Wildman–Crippen MR) is 121 cm³/mol. The van der Waals surface area contributed by atoms with Gasteiger partial charge in [0.2, 0.25) is 6.79 Å². The first-order valence-corrected chi connectivity index (χ1v) is 11.5. The molecule has 5 rings (SSSR count). The van der Waals surface area contributed by atoms with Gasteiger partial charge in [0.25, 0.3) is 11.8 Å². The summed E-state index contributed by atoms with van der Waals surface area (Å²) in [6.45, 7) is 3.30. The fraction of sp³-hybridized carbons (Fsp3) is 0.440. The van der Waals surface area contributed by atoms with Crippen LogP contribution in [0.3, 0.4) is 0 Å². The number of piperidine rings is 2. The second kappa shape index (κ2) is 9.20. The van der Waals surface area contributed by atoms with Crippen LogP contribution in [0.25, 0.3) is 0 Å². The van der Waals surface area contributed by atoms with E-state index in [4.69, 9.17) is 9.47 Å². The molecule has 32 heavy (non-hydrogen) atoms. The summed E-state index contributed by atoms with van der Waals surface area (Å²) in [5.41, 5.74) is 1.72. The summed E-state index contributed by atoms with van der Waals surface area (Å²) in [6, 6.07) is 12.7. The molecule has 3 aliphatic heterocycles. The Morgan fingerprint density at radius 1 is 0.875 bits per heavy atom. The van der Waals surface area contributed by atoms with Crippen molar-refractivity contribution in [2.24, 2.45) is 5.92 Å². The molecule has 2 unspecified atom stereocenters. The molecule has 7 nitrogen and oxygen atoms in total. The minimum atomic E-state index is -0.241. The number of hydrogen-bond acceptors (Lipinski definition) is 5. The maximum atomic E-state index is 12.7. The molecule has 2 amide bonds. The van der Waals surface area contributed by atoms with E-state index in [-0.39, 0.29) is 18.6 Å². The van der Waals surface area contributed by atoms with Gasteiger partial charge < -0.3 is 25.0 Å². The molecule has 2 saturated heterocycles. The maximum Gasteiger partial charge on any atom is 0.255 e. The molecule has 0 radical (unpaired) electrons. The van der Waals surface area contributed by atoms with E-state index >= 15 is 0 Å². The van der Waals surface area contributed by atoms with Crippen LogP contribution in [-0.2, 0) is 0 Å². The van der Waals surface area contributed by atoms with Crippen molar-refractivity contribution < 1.29 is 19.1 Å². The number of benzene rings is 2. The average Bonchev–Trinajstić information content (AvgIpc) is 3.31. The summed E-state index contributed by atoms with van der Waals surface area (Å²) >= 11 is 0. The predicted octanol–water partition coefficient (Wildman–Crippen LogP) is 3.66. The largest absolute Gasteiger partial charge is 0.454 e. The number of anilines is 1. The molecule has 0 saturated carbocycles. The molecule has 0 aliphatic carbocycles. The highest BCUT2D eigenvalue weighted by atomic mass is 16.7. The van der Waals surface area contributed by atoms with Crippen LogP contribution >= 0.6 is 0 Å². The van der Waals surface area contributed by atoms with E-state index in [0.717, 1.165) is 6.54 Å². The van der Waals surface area contributed by atoms with Crippen molar-refractivity contribution >= 4 is 17.5 Å². The Bertz CT molecular complexity index is 989. The lowest BCUT2D eigenvalue weighted by molar-refractivity contribution is 0.0575. The number of carbonyl (C=O) groups excluding carboxylic acids is 2. The van der Waals surface area contributed by atoms with E-state index in [2.05, 4.69) is 15.5 Å². The number of hydrogen-bond donors (Lipinski definition) is 2. The third kappa shape index (κ3) is 4.43. The van der Waals surface area contributed by atoms with Gasteiger partial charge >= 0.3 is 0 Å². The number of ether oxygens (including phenoxy) is 2. The smallest absolute Gasteiger partial charge is 0.255 e. The Hall–Kier alpha value is -3.06. The normalized spacial score (nSPS) is 22.1. The lowest BCUT2D eigenvalue weighted by Crippen LogP contribution is -2.51. The number of rotatable bonds is 5. The van der Waals surface area contributed by atoms with Crippen molar-refractivity contribution in [2.45, 2.75) is 38.1 Å². The van der Waals surface area contributed by atoms with Crippen molar-refractivity contribution in [3.8, 4) is 11.5 Å². The minimum Gasteiger partial charge on any atom is -0.454 e. The molecule has 0 bridgehead atoms. The van der Waals surface area contributed by atoms with Gasteiger partial charge in [-0.05, 0) is 87.2 Å². The molecule has 168 valence electrons. The number of amides is 2. The van der Waals surface area contributed by atoms with Gasteiger partial charge in [0.1, 0.15) is 0 Å². The highest BCUT2D eigenvalue weighted by molar-refractivity contribution is 6.05. The second-order valence-corrected chi connectivity index (χ2v) is 8.81. The van der Waals surface area contributed by atoms with Crippen molar-refractivity contribution in [1.82, 2.24) is 10.2 Å². The highest BCUT2D eigenvalue weighted by Gasteiger charge is 2.32. The quantitative estimate of drug-likeness (QED) is 0.749. The van der Waals surface area contributed by atoms with Crippen molar-refractivity contribution in [2.75, 3.05) is 31.7 Å². The van der Waals surface area contributed by atoms with Crippen LogP contribution in [-0.4, -0.2) is 49.2 Å². The summed E-state index contributed by atoms with van der Waals surface area (Å²) in [6.07, 6.45) is 6.25. The lowest BCUT2D eigenvalue weighted by Gasteiger charge is -2.44. The Morgan fingerprint density at radius 2 is 1.66 bits per heavy atom. The van der Waals surface area contributed by atoms with Crippen LogP contribution in [0, 0.1) is 5.92 Å². The van der Waals surface area contributed by atoms with E-state index in [0.29, 0.717) is 40.3 Å². The summed E-state index contributed by atoms with van der Waals surface area (Å²) in [4.78, 5) is 27.8. The van der Waals surface area contributed by atoms with Gasteiger partial charge in [-0.3, -0.25) is 9.59 Å². The SMILES string of the molecule is O=C(NCC1CCCN2CCCCC12)c1ccc(NC(=O)c2ccc3c(c2)OCO3)cc1.